The van der Waals surface area contributed by atoms with Crippen molar-refractivity contribution >= 4 is 12.6 Å². The minimum absolute atomic E-state index is 0.314. The van der Waals surface area contributed by atoms with E-state index in [-0.39, 0.29) is 18.3 Å². The van der Waals surface area contributed by atoms with Crippen LogP contribution in [-0.2, 0) is 9.31 Å². The van der Waals surface area contributed by atoms with Crippen molar-refractivity contribution in [1.82, 2.24) is 14.7 Å². The van der Waals surface area contributed by atoms with E-state index in [4.69, 9.17) is 9.31 Å². The molecule has 5 nitrogen and oxygen atoms in total. The fourth-order valence-corrected chi connectivity index (χ4v) is 3.76. The third-order valence-electron chi connectivity index (χ3n) is 6.43. The second kappa shape index (κ2) is 6.76. The smallest absolute Gasteiger partial charge is 0.399 e. The van der Waals surface area contributed by atoms with Gasteiger partial charge in [-0.1, -0.05) is 24.3 Å². The zero-order valence-electron chi connectivity index (χ0n) is 17.1. The van der Waals surface area contributed by atoms with Crippen molar-refractivity contribution in [3.63, 3.8) is 0 Å². The Balaban J connectivity index is 1.47. The summed E-state index contributed by atoms with van der Waals surface area (Å²) in [6.07, 6.45) is 6.48. The van der Waals surface area contributed by atoms with Gasteiger partial charge in [0.05, 0.1) is 23.4 Å². The molecule has 1 aromatic carbocycles. The summed E-state index contributed by atoms with van der Waals surface area (Å²) in [6.45, 7) is 10.6. The van der Waals surface area contributed by atoms with E-state index < -0.39 is 0 Å². The Hall–Kier alpha value is -1.63. The lowest BCUT2D eigenvalue weighted by molar-refractivity contribution is 0.00578. The molecule has 0 N–H and O–H groups in total. The van der Waals surface area contributed by atoms with Crippen molar-refractivity contribution in [2.75, 3.05) is 20.1 Å². The van der Waals surface area contributed by atoms with E-state index in [1.165, 1.54) is 18.4 Å². The summed E-state index contributed by atoms with van der Waals surface area (Å²) in [6, 6.07) is 8.99. The topological polar surface area (TPSA) is 39.5 Å². The molecule has 1 aromatic heterocycles. The van der Waals surface area contributed by atoms with Crippen molar-refractivity contribution in [2.45, 2.75) is 57.8 Å². The van der Waals surface area contributed by atoms with Gasteiger partial charge >= 0.3 is 7.12 Å². The Bertz CT molecular complexity index is 776. The summed E-state index contributed by atoms with van der Waals surface area (Å²) in [7, 11) is 1.87. The molecular formula is C21H30BN3O2. The molecule has 0 amide bonds. The van der Waals surface area contributed by atoms with E-state index in [1.54, 1.807) is 0 Å². The SMILES string of the molecule is CN1CCC(n2cc(-c3ccc(B4OC(C)(C)C(C)(C)O4)cc3)cn2)CC1. The highest BCUT2D eigenvalue weighted by Gasteiger charge is 2.51. The van der Waals surface area contributed by atoms with Gasteiger partial charge in [0.25, 0.3) is 0 Å². The monoisotopic (exact) mass is 367 g/mol. The standard InChI is InChI=1S/C21H30BN3O2/c1-20(2)21(3,4)27-22(26-20)18-8-6-16(7-9-18)17-14-23-25(15-17)19-10-12-24(5)13-11-19/h6-9,14-15,19H,10-13H2,1-5H3. The minimum atomic E-state index is -0.314. The predicted octanol–water partition coefficient (Wildman–Crippen LogP) is 3.12. The van der Waals surface area contributed by atoms with Crippen molar-refractivity contribution < 1.29 is 9.31 Å². The molecular weight excluding hydrogens is 337 g/mol. The highest BCUT2D eigenvalue weighted by atomic mass is 16.7. The molecule has 0 radical (unpaired) electrons. The van der Waals surface area contributed by atoms with Crippen LogP contribution in [0.25, 0.3) is 11.1 Å². The van der Waals surface area contributed by atoms with Crippen LogP contribution in [-0.4, -0.2) is 53.1 Å². The molecule has 2 saturated heterocycles. The van der Waals surface area contributed by atoms with Gasteiger partial charge in [-0.05, 0) is 71.7 Å². The van der Waals surface area contributed by atoms with Gasteiger partial charge in [0, 0.05) is 11.8 Å². The number of likely N-dealkylation sites (tertiary alicyclic amines) is 1. The van der Waals surface area contributed by atoms with Crippen molar-refractivity contribution in [1.29, 1.82) is 0 Å². The first-order valence-corrected chi connectivity index (χ1v) is 9.94. The first-order chi connectivity index (χ1) is 12.7. The summed E-state index contributed by atoms with van der Waals surface area (Å²) in [5.41, 5.74) is 2.76. The normalized spacial score (nSPS) is 23.1. The minimum Gasteiger partial charge on any atom is -0.399 e. The number of hydrogen-bond acceptors (Lipinski definition) is 4. The predicted molar refractivity (Wildman–Crippen MR) is 109 cm³/mol. The van der Waals surface area contributed by atoms with E-state index in [1.807, 2.05) is 6.20 Å². The van der Waals surface area contributed by atoms with E-state index >= 15 is 0 Å². The number of benzene rings is 1. The first kappa shape index (κ1) is 18.7. The van der Waals surface area contributed by atoms with Crippen LogP contribution in [0.15, 0.2) is 36.7 Å². The number of nitrogens with zero attached hydrogens (tertiary/aromatic N) is 3. The van der Waals surface area contributed by atoms with Crippen LogP contribution in [0.1, 0.15) is 46.6 Å². The number of piperidine rings is 1. The van der Waals surface area contributed by atoms with E-state index in [2.05, 4.69) is 79.9 Å². The molecule has 2 aromatic rings. The molecule has 2 fully saturated rings. The molecule has 144 valence electrons. The summed E-state index contributed by atoms with van der Waals surface area (Å²) in [5, 5.41) is 4.63. The molecule has 2 aliphatic rings. The van der Waals surface area contributed by atoms with E-state index in [9.17, 15) is 0 Å². The number of rotatable bonds is 3. The van der Waals surface area contributed by atoms with Gasteiger partial charge < -0.3 is 14.2 Å². The number of aromatic nitrogens is 2. The second-order valence-corrected chi connectivity index (χ2v) is 8.95. The molecule has 0 unspecified atom stereocenters. The van der Waals surface area contributed by atoms with Gasteiger partial charge in [-0.25, -0.2) is 0 Å². The summed E-state index contributed by atoms with van der Waals surface area (Å²) in [5.74, 6) is 0. The van der Waals surface area contributed by atoms with Gasteiger partial charge in [-0.2, -0.15) is 5.10 Å². The largest absolute Gasteiger partial charge is 0.494 e. The highest BCUT2D eigenvalue weighted by Crippen LogP contribution is 2.36. The quantitative estimate of drug-likeness (QED) is 0.782. The summed E-state index contributed by atoms with van der Waals surface area (Å²) in [4.78, 5) is 2.38. The Morgan fingerprint density at radius 3 is 2.15 bits per heavy atom. The number of hydrogen-bond donors (Lipinski definition) is 0. The van der Waals surface area contributed by atoms with Crippen molar-refractivity contribution in [3.8, 4) is 11.1 Å². The third-order valence-corrected chi connectivity index (χ3v) is 6.43. The second-order valence-electron chi connectivity index (χ2n) is 8.95. The maximum atomic E-state index is 6.15. The summed E-state index contributed by atoms with van der Waals surface area (Å²) < 4.78 is 14.4. The van der Waals surface area contributed by atoms with Crippen LogP contribution in [0.4, 0.5) is 0 Å². The highest BCUT2D eigenvalue weighted by molar-refractivity contribution is 6.62. The molecule has 6 heteroatoms. The lowest BCUT2D eigenvalue weighted by Gasteiger charge is -2.32. The Morgan fingerprint density at radius 2 is 1.56 bits per heavy atom. The molecule has 0 spiro atoms. The Morgan fingerprint density at radius 1 is 0.963 bits per heavy atom. The lowest BCUT2D eigenvalue weighted by atomic mass is 9.78. The van der Waals surface area contributed by atoms with Crippen molar-refractivity contribution in [2.24, 2.45) is 0 Å². The lowest BCUT2D eigenvalue weighted by Crippen LogP contribution is -2.41. The maximum absolute atomic E-state index is 6.15. The molecule has 27 heavy (non-hydrogen) atoms. The molecule has 3 heterocycles. The summed E-state index contributed by atoms with van der Waals surface area (Å²) >= 11 is 0. The molecule has 0 atom stereocenters. The van der Waals surface area contributed by atoms with E-state index in [0.717, 1.165) is 24.1 Å². The van der Waals surface area contributed by atoms with Crippen LogP contribution in [0.3, 0.4) is 0 Å². The van der Waals surface area contributed by atoms with Gasteiger partial charge in [-0.15, -0.1) is 0 Å². The molecule has 0 aliphatic carbocycles. The first-order valence-electron chi connectivity index (χ1n) is 9.94. The zero-order chi connectivity index (χ0) is 19.2. The molecule has 4 rings (SSSR count). The fourth-order valence-electron chi connectivity index (χ4n) is 3.76. The van der Waals surface area contributed by atoms with Crippen LogP contribution in [0, 0.1) is 0 Å². The van der Waals surface area contributed by atoms with Gasteiger partial charge in [-0.3, -0.25) is 4.68 Å². The molecule has 0 saturated carbocycles. The van der Waals surface area contributed by atoms with Gasteiger partial charge in [0.1, 0.15) is 0 Å². The Labute approximate surface area is 162 Å². The van der Waals surface area contributed by atoms with Crippen LogP contribution < -0.4 is 5.46 Å². The van der Waals surface area contributed by atoms with Crippen LogP contribution in [0.5, 0.6) is 0 Å². The van der Waals surface area contributed by atoms with Crippen LogP contribution >= 0.6 is 0 Å². The van der Waals surface area contributed by atoms with Crippen molar-refractivity contribution in [3.05, 3.63) is 36.7 Å². The molecule has 2 aliphatic heterocycles. The maximum Gasteiger partial charge on any atom is 0.494 e. The third kappa shape index (κ3) is 3.58. The average Bonchev–Trinajstić information content (AvgIpc) is 3.19. The molecule has 0 bridgehead atoms. The van der Waals surface area contributed by atoms with E-state index in [0.29, 0.717) is 6.04 Å². The fraction of sp³-hybridized carbons (Fsp3) is 0.571. The van der Waals surface area contributed by atoms with Gasteiger partial charge in [0.2, 0.25) is 0 Å². The zero-order valence-corrected chi connectivity index (χ0v) is 17.1. The Kier molecular flexibility index (Phi) is 4.69. The average molecular weight is 367 g/mol. The van der Waals surface area contributed by atoms with Gasteiger partial charge in [0.15, 0.2) is 0 Å². The van der Waals surface area contributed by atoms with Crippen LogP contribution in [0.2, 0.25) is 0 Å².